The van der Waals surface area contributed by atoms with Crippen molar-refractivity contribution in [1.82, 2.24) is 15.0 Å². The normalized spacial score (nSPS) is 9.88. The van der Waals surface area contributed by atoms with Gasteiger partial charge in [0.25, 0.3) is 0 Å². The van der Waals surface area contributed by atoms with Crippen molar-refractivity contribution in [3.05, 3.63) is 48.3 Å². The van der Waals surface area contributed by atoms with Crippen LogP contribution in [-0.2, 0) is 6.54 Å². The summed E-state index contributed by atoms with van der Waals surface area (Å²) >= 11 is 4.82. The topological polar surface area (TPSA) is 76.7 Å². The summed E-state index contributed by atoms with van der Waals surface area (Å²) in [6, 6.07) is 5.51. The maximum absolute atomic E-state index is 5.46. The fourth-order valence-corrected chi connectivity index (χ4v) is 1.38. The molecular weight excluding hydrogens is 234 g/mol. The Balaban J connectivity index is 1.98. The van der Waals surface area contributed by atoms with Gasteiger partial charge in [-0.3, -0.25) is 4.98 Å². The Morgan fingerprint density at radius 3 is 2.76 bits per heavy atom. The molecule has 0 aliphatic heterocycles. The van der Waals surface area contributed by atoms with Crippen LogP contribution < -0.4 is 11.1 Å². The van der Waals surface area contributed by atoms with Crippen LogP contribution in [0.5, 0.6) is 0 Å². The molecule has 0 atom stereocenters. The summed E-state index contributed by atoms with van der Waals surface area (Å²) in [5.41, 5.74) is 7.89. The number of nitrogens with zero attached hydrogens (tertiary/aromatic N) is 3. The lowest BCUT2D eigenvalue weighted by molar-refractivity contribution is 1.00. The lowest BCUT2D eigenvalue weighted by Gasteiger charge is -2.05. The molecular formula is C11H11N5S. The first-order valence-corrected chi connectivity index (χ1v) is 5.41. The molecule has 0 saturated carbocycles. The number of anilines is 1. The van der Waals surface area contributed by atoms with Crippen molar-refractivity contribution in [3.63, 3.8) is 0 Å². The number of rotatable bonds is 4. The molecule has 2 aromatic rings. The molecule has 3 N–H and O–H groups in total. The molecule has 0 radical (unpaired) electrons. The number of pyridine rings is 1. The van der Waals surface area contributed by atoms with Crippen LogP contribution in [0.3, 0.4) is 0 Å². The first kappa shape index (κ1) is 11.4. The predicted molar refractivity (Wildman–Crippen MR) is 69.5 cm³/mol. The Kier molecular flexibility index (Phi) is 3.56. The van der Waals surface area contributed by atoms with Gasteiger partial charge in [-0.05, 0) is 18.2 Å². The number of hydrogen-bond donors (Lipinski definition) is 2. The van der Waals surface area contributed by atoms with Crippen molar-refractivity contribution < 1.29 is 0 Å². The van der Waals surface area contributed by atoms with E-state index in [0.717, 1.165) is 11.4 Å². The molecule has 0 bridgehead atoms. The van der Waals surface area contributed by atoms with Gasteiger partial charge in [-0.2, -0.15) is 0 Å². The molecule has 0 aliphatic rings. The average molecular weight is 245 g/mol. The Labute approximate surface area is 104 Å². The number of hydrogen-bond acceptors (Lipinski definition) is 5. The summed E-state index contributed by atoms with van der Waals surface area (Å²) in [4.78, 5) is 12.4. The van der Waals surface area contributed by atoms with Crippen molar-refractivity contribution in [2.45, 2.75) is 6.54 Å². The Hall–Kier alpha value is -2.08. The fourth-order valence-electron chi connectivity index (χ4n) is 1.26. The number of aromatic nitrogens is 3. The van der Waals surface area contributed by atoms with Crippen LogP contribution in [0.25, 0.3) is 0 Å². The molecule has 0 amide bonds. The van der Waals surface area contributed by atoms with Crippen molar-refractivity contribution in [2.24, 2.45) is 5.73 Å². The average Bonchev–Trinajstić information content (AvgIpc) is 2.38. The highest BCUT2D eigenvalue weighted by molar-refractivity contribution is 7.80. The lowest BCUT2D eigenvalue weighted by atomic mass is 10.3. The van der Waals surface area contributed by atoms with Gasteiger partial charge < -0.3 is 11.1 Å². The van der Waals surface area contributed by atoms with E-state index in [2.05, 4.69) is 20.3 Å². The molecule has 0 fully saturated rings. The lowest BCUT2D eigenvalue weighted by Crippen LogP contribution is -2.11. The summed E-state index contributed by atoms with van der Waals surface area (Å²) in [6.45, 7) is 0.622. The van der Waals surface area contributed by atoms with Gasteiger partial charge in [0, 0.05) is 6.20 Å². The standard InChI is InChI=1S/C11H11N5S/c12-11(17)10-2-1-8(6-15-10)14-5-9-3-4-13-7-16-9/h1-4,6-7,14H,5H2,(H2,12,17). The molecule has 2 aromatic heterocycles. The van der Waals surface area contributed by atoms with E-state index in [1.165, 1.54) is 6.33 Å². The molecule has 0 aromatic carbocycles. The molecule has 2 rings (SSSR count). The van der Waals surface area contributed by atoms with Crippen LogP contribution in [0, 0.1) is 0 Å². The quantitative estimate of drug-likeness (QED) is 0.786. The number of thiocarbonyl (C=S) groups is 1. The third-order valence-electron chi connectivity index (χ3n) is 2.13. The second kappa shape index (κ2) is 5.31. The van der Waals surface area contributed by atoms with Crippen molar-refractivity contribution in [3.8, 4) is 0 Å². The summed E-state index contributed by atoms with van der Waals surface area (Å²) in [7, 11) is 0. The predicted octanol–water partition coefficient (Wildman–Crippen LogP) is 1.12. The second-order valence-corrected chi connectivity index (χ2v) is 3.79. The molecule has 5 nitrogen and oxygen atoms in total. The van der Waals surface area contributed by atoms with Crippen LogP contribution in [0.2, 0.25) is 0 Å². The van der Waals surface area contributed by atoms with E-state index in [4.69, 9.17) is 18.0 Å². The molecule has 0 spiro atoms. The van der Waals surface area contributed by atoms with Gasteiger partial charge in [-0.25, -0.2) is 9.97 Å². The van der Waals surface area contributed by atoms with Gasteiger partial charge in [0.05, 0.1) is 29.8 Å². The van der Waals surface area contributed by atoms with Gasteiger partial charge in [-0.1, -0.05) is 12.2 Å². The monoisotopic (exact) mass is 245 g/mol. The van der Waals surface area contributed by atoms with E-state index in [1.807, 2.05) is 12.1 Å². The smallest absolute Gasteiger partial charge is 0.122 e. The zero-order valence-electron chi connectivity index (χ0n) is 9.00. The van der Waals surface area contributed by atoms with Crippen LogP contribution in [0.4, 0.5) is 5.69 Å². The Bertz CT molecular complexity index is 497. The van der Waals surface area contributed by atoms with E-state index in [1.54, 1.807) is 18.5 Å². The largest absolute Gasteiger partial charge is 0.388 e. The fraction of sp³-hybridized carbons (Fsp3) is 0.0909. The van der Waals surface area contributed by atoms with Crippen LogP contribution in [0.1, 0.15) is 11.4 Å². The number of nitrogens with one attached hydrogen (secondary N) is 1. The molecule has 0 unspecified atom stereocenters. The summed E-state index contributed by atoms with van der Waals surface area (Å²) in [5.74, 6) is 0. The maximum Gasteiger partial charge on any atom is 0.122 e. The van der Waals surface area contributed by atoms with Gasteiger partial charge in [0.15, 0.2) is 0 Å². The van der Waals surface area contributed by atoms with Gasteiger partial charge in [0.1, 0.15) is 11.3 Å². The van der Waals surface area contributed by atoms with Crippen molar-refractivity contribution in [1.29, 1.82) is 0 Å². The Morgan fingerprint density at radius 2 is 2.18 bits per heavy atom. The molecule has 86 valence electrons. The first-order chi connectivity index (χ1) is 8.25. The zero-order chi connectivity index (χ0) is 12.1. The van der Waals surface area contributed by atoms with E-state index < -0.39 is 0 Å². The highest BCUT2D eigenvalue weighted by Gasteiger charge is 1.98. The SMILES string of the molecule is NC(=S)c1ccc(NCc2ccncn2)cn1. The minimum Gasteiger partial charge on any atom is -0.388 e. The zero-order valence-corrected chi connectivity index (χ0v) is 9.81. The van der Waals surface area contributed by atoms with Crippen LogP contribution in [0.15, 0.2) is 36.9 Å². The summed E-state index contributed by atoms with van der Waals surface area (Å²) in [5, 5.41) is 3.19. The molecule has 2 heterocycles. The summed E-state index contributed by atoms with van der Waals surface area (Å²) in [6.07, 6.45) is 4.92. The molecule has 17 heavy (non-hydrogen) atoms. The van der Waals surface area contributed by atoms with E-state index in [0.29, 0.717) is 17.2 Å². The first-order valence-electron chi connectivity index (χ1n) is 5.00. The third-order valence-corrected chi connectivity index (χ3v) is 2.34. The van der Waals surface area contributed by atoms with E-state index >= 15 is 0 Å². The molecule has 0 aliphatic carbocycles. The van der Waals surface area contributed by atoms with Crippen molar-refractivity contribution >= 4 is 22.9 Å². The van der Waals surface area contributed by atoms with Crippen LogP contribution >= 0.6 is 12.2 Å². The van der Waals surface area contributed by atoms with Gasteiger partial charge >= 0.3 is 0 Å². The highest BCUT2D eigenvalue weighted by Crippen LogP contribution is 2.07. The minimum absolute atomic E-state index is 0.298. The van der Waals surface area contributed by atoms with Crippen LogP contribution in [-0.4, -0.2) is 19.9 Å². The molecule has 0 saturated heterocycles. The summed E-state index contributed by atoms with van der Waals surface area (Å²) < 4.78 is 0. The minimum atomic E-state index is 0.298. The van der Waals surface area contributed by atoms with Crippen molar-refractivity contribution in [2.75, 3.05) is 5.32 Å². The molecule has 6 heteroatoms. The van der Waals surface area contributed by atoms with E-state index in [-0.39, 0.29) is 0 Å². The maximum atomic E-state index is 5.46. The van der Waals surface area contributed by atoms with Gasteiger partial charge in [-0.15, -0.1) is 0 Å². The second-order valence-electron chi connectivity index (χ2n) is 3.35. The number of nitrogens with two attached hydrogens (primary N) is 1. The van der Waals surface area contributed by atoms with E-state index in [9.17, 15) is 0 Å². The third kappa shape index (κ3) is 3.18. The Morgan fingerprint density at radius 1 is 1.29 bits per heavy atom. The van der Waals surface area contributed by atoms with Gasteiger partial charge in [0.2, 0.25) is 0 Å². The highest BCUT2D eigenvalue weighted by atomic mass is 32.1.